The molecular formula is C9H14N4S. The molecule has 2 rings (SSSR count). The molecule has 1 unspecified atom stereocenters. The Labute approximate surface area is 87.8 Å². The van der Waals surface area contributed by atoms with Gasteiger partial charge in [0, 0.05) is 31.2 Å². The molecule has 1 aliphatic heterocycles. The molecule has 0 aliphatic carbocycles. The van der Waals surface area contributed by atoms with Gasteiger partial charge in [-0.3, -0.25) is 4.99 Å². The molecule has 1 atom stereocenters. The van der Waals surface area contributed by atoms with Gasteiger partial charge in [0.2, 0.25) is 0 Å². The number of thioether (sulfide) groups is 1. The van der Waals surface area contributed by atoms with Gasteiger partial charge in [-0.25, -0.2) is 4.98 Å². The van der Waals surface area contributed by atoms with E-state index in [2.05, 4.69) is 22.2 Å². The van der Waals surface area contributed by atoms with Gasteiger partial charge < -0.3 is 9.88 Å². The Hall–Kier alpha value is -0.970. The first-order valence-electron chi connectivity index (χ1n) is 4.65. The number of hydrogen-bond donors (Lipinski definition) is 1. The maximum absolute atomic E-state index is 4.46. The highest BCUT2D eigenvalue weighted by molar-refractivity contribution is 8.14. The van der Waals surface area contributed by atoms with Gasteiger partial charge in [-0.15, -0.1) is 0 Å². The molecule has 1 aliphatic rings. The molecule has 1 N–H and O–H groups in total. The summed E-state index contributed by atoms with van der Waals surface area (Å²) in [6.07, 6.45) is 3.74. The lowest BCUT2D eigenvalue weighted by molar-refractivity contribution is 0.755. The largest absolute Gasteiger partial charge is 0.362 e. The second-order valence-electron chi connectivity index (χ2n) is 3.43. The molecule has 1 saturated heterocycles. The highest BCUT2D eigenvalue weighted by Gasteiger charge is 2.14. The van der Waals surface area contributed by atoms with Crippen LogP contribution in [0.5, 0.6) is 0 Å². The molecule has 1 aromatic rings. The van der Waals surface area contributed by atoms with E-state index in [0.29, 0.717) is 12.6 Å². The first-order chi connectivity index (χ1) is 6.75. The van der Waals surface area contributed by atoms with Gasteiger partial charge in [-0.1, -0.05) is 11.8 Å². The number of imidazole rings is 1. The van der Waals surface area contributed by atoms with Crippen molar-refractivity contribution in [3.8, 4) is 0 Å². The Morgan fingerprint density at radius 3 is 3.21 bits per heavy atom. The predicted octanol–water partition coefficient (Wildman–Crippen LogP) is 1.00. The van der Waals surface area contributed by atoms with Crippen LogP contribution in [0.1, 0.15) is 12.7 Å². The Balaban J connectivity index is 1.97. The van der Waals surface area contributed by atoms with Crippen molar-refractivity contribution in [3.05, 3.63) is 18.2 Å². The van der Waals surface area contributed by atoms with E-state index in [1.165, 1.54) is 0 Å². The maximum Gasteiger partial charge on any atom is 0.157 e. The average molecular weight is 210 g/mol. The summed E-state index contributed by atoms with van der Waals surface area (Å²) in [5.41, 5.74) is 0. The van der Waals surface area contributed by atoms with Crippen LogP contribution in [-0.4, -0.2) is 26.5 Å². The van der Waals surface area contributed by atoms with E-state index >= 15 is 0 Å². The number of nitrogens with zero attached hydrogens (tertiary/aromatic N) is 3. The van der Waals surface area contributed by atoms with Crippen molar-refractivity contribution in [1.29, 1.82) is 0 Å². The molecular weight excluding hydrogens is 196 g/mol. The van der Waals surface area contributed by atoms with Crippen LogP contribution >= 0.6 is 11.8 Å². The summed E-state index contributed by atoms with van der Waals surface area (Å²) in [4.78, 5) is 8.68. The van der Waals surface area contributed by atoms with Crippen molar-refractivity contribution in [1.82, 2.24) is 14.9 Å². The smallest absolute Gasteiger partial charge is 0.157 e. The molecule has 0 bridgehead atoms. The lowest BCUT2D eigenvalue weighted by atomic mass is 10.4. The molecule has 5 heteroatoms. The third kappa shape index (κ3) is 2.09. The summed E-state index contributed by atoms with van der Waals surface area (Å²) >= 11 is 1.78. The zero-order chi connectivity index (χ0) is 9.97. The zero-order valence-corrected chi connectivity index (χ0v) is 9.21. The van der Waals surface area contributed by atoms with Crippen molar-refractivity contribution < 1.29 is 0 Å². The van der Waals surface area contributed by atoms with Crippen molar-refractivity contribution in [3.63, 3.8) is 0 Å². The lowest BCUT2D eigenvalue weighted by Gasteiger charge is -2.01. The quantitative estimate of drug-likeness (QED) is 0.792. The SMILES string of the molecule is CC1CSC(=NCc2nccn2C)N1. The van der Waals surface area contributed by atoms with Crippen molar-refractivity contribution in [2.75, 3.05) is 5.75 Å². The van der Waals surface area contributed by atoms with Crippen LogP contribution in [0, 0.1) is 0 Å². The summed E-state index contributed by atoms with van der Waals surface area (Å²) in [6, 6.07) is 0.542. The second-order valence-corrected chi connectivity index (χ2v) is 4.44. The van der Waals surface area contributed by atoms with Gasteiger partial charge in [-0.05, 0) is 6.92 Å². The van der Waals surface area contributed by atoms with Crippen LogP contribution in [0.2, 0.25) is 0 Å². The summed E-state index contributed by atoms with van der Waals surface area (Å²) in [5, 5.41) is 4.35. The maximum atomic E-state index is 4.46. The van der Waals surface area contributed by atoms with Gasteiger partial charge in [0.15, 0.2) is 5.17 Å². The van der Waals surface area contributed by atoms with Crippen molar-refractivity contribution in [2.45, 2.75) is 19.5 Å². The highest BCUT2D eigenvalue weighted by Crippen LogP contribution is 2.13. The molecule has 0 saturated carbocycles. The van der Waals surface area contributed by atoms with E-state index in [1.54, 1.807) is 18.0 Å². The number of rotatable bonds is 2. The Morgan fingerprint density at radius 1 is 1.79 bits per heavy atom. The molecule has 4 nitrogen and oxygen atoms in total. The van der Waals surface area contributed by atoms with Crippen LogP contribution in [0.4, 0.5) is 0 Å². The summed E-state index contributed by atoms with van der Waals surface area (Å²) < 4.78 is 1.99. The van der Waals surface area contributed by atoms with Gasteiger partial charge in [0.1, 0.15) is 5.82 Å². The van der Waals surface area contributed by atoms with Crippen LogP contribution in [0.15, 0.2) is 17.4 Å². The zero-order valence-electron chi connectivity index (χ0n) is 8.40. The van der Waals surface area contributed by atoms with E-state index in [1.807, 2.05) is 17.8 Å². The minimum atomic E-state index is 0.542. The molecule has 2 heterocycles. The molecule has 0 amide bonds. The highest BCUT2D eigenvalue weighted by atomic mass is 32.2. The fourth-order valence-corrected chi connectivity index (χ4v) is 2.21. The van der Waals surface area contributed by atoms with Crippen LogP contribution in [0.25, 0.3) is 0 Å². The van der Waals surface area contributed by atoms with E-state index < -0.39 is 0 Å². The number of aliphatic imine (C=N–C) groups is 1. The summed E-state index contributed by atoms with van der Waals surface area (Å²) in [5.74, 6) is 2.11. The summed E-state index contributed by atoms with van der Waals surface area (Å²) in [7, 11) is 1.99. The first kappa shape index (κ1) is 9.58. The lowest BCUT2D eigenvalue weighted by Crippen LogP contribution is -2.23. The van der Waals surface area contributed by atoms with Gasteiger partial charge in [0.25, 0.3) is 0 Å². The van der Waals surface area contributed by atoms with Crippen LogP contribution in [-0.2, 0) is 13.6 Å². The number of amidine groups is 1. The monoisotopic (exact) mass is 210 g/mol. The number of nitrogens with one attached hydrogen (secondary N) is 1. The molecule has 0 spiro atoms. The molecule has 0 radical (unpaired) electrons. The van der Waals surface area contributed by atoms with E-state index in [0.717, 1.165) is 16.7 Å². The Morgan fingerprint density at radius 2 is 2.64 bits per heavy atom. The number of hydrogen-bond acceptors (Lipinski definition) is 3. The van der Waals surface area contributed by atoms with Crippen LogP contribution < -0.4 is 5.32 Å². The second kappa shape index (κ2) is 4.04. The van der Waals surface area contributed by atoms with Crippen molar-refractivity contribution in [2.24, 2.45) is 12.0 Å². The average Bonchev–Trinajstić information content (AvgIpc) is 2.72. The molecule has 0 aromatic carbocycles. The third-order valence-corrected chi connectivity index (χ3v) is 3.31. The Bertz CT molecular complexity index is 344. The molecule has 14 heavy (non-hydrogen) atoms. The topological polar surface area (TPSA) is 42.2 Å². The van der Waals surface area contributed by atoms with Gasteiger partial charge >= 0.3 is 0 Å². The van der Waals surface area contributed by atoms with Gasteiger partial charge in [-0.2, -0.15) is 0 Å². The fourth-order valence-electron chi connectivity index (χ4n) is 1.28. The molecule has 1 aromatic heterocycles. The fraction of sp³-hybridized carbons (Fsp3) is 0.556. The molecule has 76 valence electrons. The predicted molar refractivity (Wildman–Crippen MR) is 59.4 cm³/mol. The van der Waals surface area contributed by atoms with E-state index in [-0.39, 0.29) is 0 Å². The minimum absolute atomic E-state index is 0.542. The van der Waals surface area contributed by atoms with E-state index in [4.69, 9.17) is 0 Å². The number of aryl methyl sites for hydroxylation is 1. The molecule has 1 fully saturated rings. The van der Waals surface area contributed by atoms with Gasteiger partial charge in [0.05, 0.1) is 6.54 Å². The first-order valence-corrected chi connectivity index (χ1v) is 5.64. The minimum Gasteiger partial charge on any atom is -0.362 e. The Kier molecular flexibility index (Phi) is 2.77. The standard InChI is InChI=1S/C9H14N4S/c1-7-6-14-9(12-7)11-5-8-10-3-4-13(8)2/h3-4,7H,5-6H2,1-2H3,(H,11,12). The third-order valence-electron chi connectivity index (χ3n) is 2.12. The van der Waals surface area contributed by atoms with Crippen molar-refractivity contribution >= 4 is 16.9 Å². The van der Waals surface area contributed by atoms with E-state index in [9.17, 15) is 0 Å². The van der Waals surface area contributed by atoms with Crippen LogP contribution in [0.3, 0.4) is 0 Å². The normalized spacial score (nSPS) is 24.1. The summed E-state index contributed by atoms with van der Waals surface area (Å²) in [6.45, 7) is 2.82. The number of aromatic nitrogens is 2.